The van der Waals surface area contributed by atoms with Crippen molar-refractivity contribution in [2.24, 2.45) is 5.73 Å². The molecule has 0 aliphatic carbocycles. The first-order chi connectivity index (χ1) is 9.13. The van der Waals surface area contributed by atoms with Crippen molar-refractivity contribution >= 4 is 21.6 Å². The van der Waals surface area contributed by atoms with Crippen LogP contribution in [0.3, 0.4) is 0 Å². The molecule has 3 nitrogen and oxygen atoms in total. The highest BCUT2D eigenvalue weighted by Crippen LogP contribution is 2.28. The Kier molecular flexibility index (Phi) is 5.19. The topological polar surface area (TPSA) is 32.5 Å². The summed E-state index contributed by atoms with van der Waals surface area (Å²) in [6.45, 7) is 4.52. The van der Waals surface area contributed by atoms with Gasteiger partial charge in [-0.3, -0.25) is 0 Å². The molecule has 0 spiro atoms. The van der Waals surface area contributed by atoms with Crippen LogP contribution in [-0.2, 0) is 6.54 Å². The maximum Gasteiger partial charge on any atom is 0.160 e. The summed E-state index contributed by atoms with van der Waals surface area (Å²) in [4.78, 5) is 4.40. The molecule has 1 saturated heterocycles. The Morgan fingerprint density at radius 2 is 2.05 bits per heavy atom. The van der Waals surface area contributed by atoms with Crippen molar-refractivity contribution in [2.45, 2.75) is 19.4 Å². The number of nitrogens with two attached hydrogens (primary N) is 1. The van der Waals surface area contributed by atoms with Gasteiger partial charge in [-0.25, -0.2) is 4.39 Å². The highest BCUT2D eigenvalue weighted by Gasteiger charge is 2.16. The molecule has 1 fully saturated rings. The standard InChI is InChI=1S/C14H21BrFN3/c1-18(8-9-19-6-2-3-7-19)12-5-4-11(10-17)13(15)14(12)16/h4-5H,2-3,6-10,17H2,1H3. The van der Waals surface area contributed by atoms with Crippen LogP contribution in [0.1, 0.15) is 18.4 Å². The van der Waals surface area contributed by atoms with Crippen molar-refractivity contribution in [3.8, 4) is 0 Å². The van der Waals surface area contributed by atoms with Gasteiger partial charge in [-0.2, -0.15) is 0 Å². The lowest BCUT2D eigenvalue weighted by atomic mass is 10.2. The van der Waals surface area contributed by atoms with Gasteiger partial charge in [0.1, 0.15) is 0 Å². The van der Waals surface area contributed by atoms with Gasteiger partial charge in [0, 0.05) is 26.7 Å². The average Bonchev–Trinajstić information content (AvgIpc) is 2.92. The molecule has 1 aliphatic rings. The van der Waals surface area contributed by atoms with Crippen LogP contribution in [0.4, 0.5) is 10.1 Å². The van der Waals surface area contributed by atoms with Crippen LogP contribution in [0.15, 0.2) is 16.6 Å². The number of hydrogen-bond donors (Lipinski definition) is 1. The monoisotopic (exact) mass is 329 g/mol. The smallest absolute Gasteiger partial charge is 0.160 e. The summed E-state index contributed by atoms with van der Waals surface area (Å²) in [6, 6.07) is 3.70. The van der Waals surface area contributed by atoms with Gasteiger partial charge in [0.2, 0.25) is 0 Å². The van der Waals surface area contributed by atoms with Gasteiger partial charge in [0.15, 0.2) is 5.82 Å². The summed E-state index contributed by atoms with van der Waals surface area (Å²) in [6.07, 6.45) is 2.57. The van der Waals surface area contributed by atoms with Gasteiger partial charge in [0.25, 0.3) is 0 Å². The molecular weight excluding hydrogens is 309 g/mol. The van der Waals surface area contributed by atoms with Crippen LogP contribution in [-0.4, -0.2) is 38.1 Å². The quantitative estimate of drug-likeness (QED) is 0.901. The molecule has 1 aromatic rings. The van der Waals surface area contributed by atoms with Crippen molar-refractivity contribution in [1.29, 1.82) is 0 Å². The number of likely N-dealkylation sites (tertiary alicyclic amines) is 1. The lowest BCUT2D eigenvalue weighted by Gasteiger charge is -2.24. The molecular formula is C14H21BrFN3. The predicted octanol–water partition coefficient (Wildman–Crippen LogP) is 2.58. The third-order valence-electron chi connectivity index (χ3n) is 3.72. The number of hydrogen-bond acceptors (Lipinski definition) is 3. The molecule has 0 amide bonds. The number of likely N-dealkylation sites (N-methyl/N-ethyl adjacent to an activating group) is 1. The van der Waals surface area contributed by atoms with Gasteiger partial charge in [-0.15, -0.1) is 0 Å². The first kappa shape index (κ1) is 14.8. The zero-order valence-electron chi connectivity index (χ0n) is 11.3. The molecule has 1 heterocycles. The van der Waals surface area contributed by atoms with Crippen LogP contribution < -0.4 is 10.6 Å². The molecule has 2 N–H and O–H groups in total. The minimum atomic E-state index is -0.216. The SMILES string of the molecule is CN(CCN1CCCC1)c1ccc(CN)c(Br)c1F. The number of nitrogens with zero attached hydrogens (tertiary/aromatic N) is 2. The van der Waals surface area contributed by atoms with E-state index in [2.05, 4.69) is 20.8 Å². The molecule has 5 heteroatoms. The number of halogens is 2. The van der Waals surface area contributed by atoms with Gasteiger partial charge >= 0.3 is 0 Å². The second kappa shape index (κ2) is 6.68. The van der Waals surface area contributed by atoms with E-state index in [9.17, 15) is 4.39 Å². The van der Waals surface area contributed by atoms with Crippen LogP contribution in [0.2, 0.25) is 0 Å². The van der Waals surface area contributed by atoms with Gasteiger partial charge < -0.3 is 15.5 Å². The van der Waals surface area contributed by atoms with Crippen molar-refractivity contribution in [1.82, 2.24) is 4.90 Å². The molecule has 0 atom stereocenters. The Hall–Kier alpha value is -0.650. The molecule has 106 valence electrons. The summed E-state index contributed by atoms with van der Waals surface area (Å²) in [5.41, 5.74) is 7.00. The van der Waals surface area contributed by atoms with Crippen LogP contribution in [0.25, 0.3) is 0 Å². The lowest BCUT2D eigenvalue weighted by Crippen LogP contribution is -2.31. The van der Waals surface area contributed by atoms with Crippen molar-refractivity contribution in [3.63, 3.8) is 0 Å². The molecule has 0 aromatic heterocycles. The average molecular weight is 330 g/mol. The summed E-state index contributed by atoms with van der Waals surface area (Å²) in [5, 5.41) is 0. The van der Waals surface area contributed by atoms with Crippen LogP contribution in [0, 0.1) is 5.82 Å². The van der Waals surface area contributed by atoms with E-state index in [1.165, 1.54) is 25.9 Å². The minimum Gasteiger partial charge on any atom is -0.371 e. The summed E-state index contributed by atoms with van der Waals surface area (Å²) < 4.78 is 14.7. The van der Waals surface area contributed by atoms with Crippen molar-refractivity contribution in [2.75, 3.05) is 38.1 Å². The maximum absolute atomic E-state index is 14.2. The Morgan fingerprint density at radius 1 is 1.37 bits per heavy atom. The highest BCUT2D eigenvalue weighted by molar-refractivity contribution is 9.10. The third kappa shape index (κ3) is 3.46. The van der Waals surface area contributed by atoms with E-state index in [0.717, 1.165) is 18.7 Å². The van der Waals surface area contributed by atoms with Crippen molar-refractivity contribution in [3.05, 3.63) is 28.0 Å². The zero-order chi connectivity index (χ0) is 13.8. The first-order valence-electron chi connectivity index (χ1n) is 6.74. The summed E-state index contributed by atoms with van der Waals surface area (Å²) in [5.74, 6) is -0.216. The minimum absolute atomic E-state index is 0.216. The molecule has 0 unspecified atom stereocenters. The fourth-order valence-corrected chi connectivity index (χ4v) is 2.95. The summed E-state index contributed by atoms with van der Waals surface area (Å²) >= 11 is 3.28. The number of benzene rings is 1. The second-order valence-corrected chi connectivity index (χ2v) is 5.84. The largest absolute Gasteiger partial charge is 0.371 e. The highest BCUT2D eigenvalue weighted by atomic mass is 79.9. The van der Waals surface area contributed by atoms with E-state index in [1.54, 1.807) is 0 Å². The molecule has 1 aromatic carbocycles. The maximum atomic E-state index is 14.2. The molecule has 0 radical (unpaired) electrons. The van der Waals surface area contributed by atoms with E-state index < -0.39 is 0 Å². The predicted molar refractivity (Wildman–Crippen MR) is 80.9 cm³/mol. The number of rotatable bonds is 5. The van der Waals surface area contributed by atoms with E-state index in [4.69, 9.17) is 5.73 Å². The van der Waals surface area contributed by atoms with E-state index >= 15 is 0 Å². The van der Waals surface area contributed by atoms with E-state index in [1.807, 2.05) is 24.1 Å². The van der Waals surface area contributed by atoms with Crippen LogP contribution in [0.5, 0.6) is 0 Å². The van der Waals surface area contributed by atoms with Gasteiger partial charge in [-0.1, -0.05) is 6.07 Å². The molecule has 1 aliphatic heterocycles. The molecule has 2 rings (SSSR count). The zero-order valence-corrected chi connectivity index (χ0v) is 12.9. The van der Waals surface area contributed by atoms with Gasteiger partial charge in [0.05, 0.1) is 10.2 Å². The van der Waals surface area contributed by atoms with E-state index in [-0.39, 0.29) is 5.82 Å². The molecule has 0 bridgehead atoms. The van der Waals surface area contributed by atoms with E-state index in [0.29, 0.717) is 16.7 Å². The fourth-order valence-electron chi connectivity index (χ4n) is 2.45. The Balaban J connectivity index is 2.01. The number of anilines is 1. The summed E-state index contributed by atoms with van der Waals surface area (Å²) in [7, 11) is 1.93. The van der Waals surface area contributed by atoms with Crippen LogP contribution >= 0.6 is 15.9 Å². The molecule has 0 saturated carbocycles. The first-order valence-corrected chi connectivity index (χ1v) is 7.53. The lowest BCUT2D eigenvalue weighted by molar-refractivity contribution is 0.346. The van der Waals surface area contributed by atoms with Crippen molar-refractivity contribution < 1.29 is 4.39 Å². The fraction of sp³-hybridized carbons (Fsp3) is 0.571. The van der Waals surface area contributed by atoms with Gasteiger partial charge in [-0.05, 0) is 53.5 Å². The Bertz CT molecular complexity index is 433. The normalized spacial score (nSPS) is 16.0. The Labute approximate surface area is 122 Å². The third-order valence-corrected chi connectivity index (χ3v) is 4.58. The molecule has 19 heavy (non-hydrogen) atoms. The Morgan fingerprint density at radius 3 is 2.68 bits per heavy atom. The second-order valence-electron chi connectivity index (χ2n) is 5.05.